The van der Waals surface area contributed by atoms with Gasteiger partial charge in [0.05, 0.1) is 0 Å². The zero-order chi connectivity index (χ0) is 21.2. The second-order valence-corrected chi connectivity index (χ2v) is 9.09. The van der Waals surface area contributed by atoms with Crippen molar-refractivity contribution in [1.82, 2.24) is 0 Å². The van der Waals surface area contributed by atoms with Gasteiger partial charge in [0.25, 0.3) is 0 Å². The van der Waals surface area contributed by atoms with E-state index in [1.54, 1.807) is 0 Å². The third kappa shape index (κ3) is 6.69. The quantitative estimate of drug-likeness (QED) is 0.409. The van der Waals surface area contributed by atoms with E-state index in [2.05, 4.69) is 74.5 Å². The minimum atomic E-state index is 0.214. The van der Waals surface area contributed by atoms with Gasteiger partial charge in [-0.1, -0.05) is 87.2 Å². The van der Waals surface area contributed by atoms with Crippen LogP contribution in [0.25, 0.3) is 6.08 Å². The Morgan fingerprint density at radius 1 is 0.933 bits per heavy atom. The summed E-state index contributed by atoms with van der Waals surface area (Å²) in [6.07, 6.45) is 13.6. The number of Topliss-reactive ketones (excluding diaryl/α,β-unsaturated/α-hetero) is 1. The number of benzene rings is 2. The van der Waals surface area contributed by atoms with Crippen LogP contribution in [0.3, 0.4) is 0 Å². The molecule has 0 radical (unpaired) electrons. The molecule has 0 aliphatic heterocycles. The van der Waals surface area contributed by atoms with E-state index in [0.29, 0.717) is 5.78 Å². The Balaban J connectivity index is 1.64. The highest BCUT2D eigenvalue weighted by molar-refractivity contribution is 6.01. The smallest absolute Gasteiger partial charge is 0.161 e. The van der Waals surface area contributed by atoms with Crippen LogP contribution in [0.2, 0.25) is 0 Å². The van der Waals surface area contributed by atoms with Crippen molar-refractivity contribution >= 4 is 11.9 Å². The summed E-state index contributed by atoms with van der Waals surface area (Å²) >= 11 is 0. The van der Waals surface area contributed by atoms with Crippen LogP contribution in [0.4, 0.5) is 0 Å². The number of allylic oxidation sites excluding steroid dienone is 1. The van der Waals surface area contributed by atoms with Crippen molar-refractivity contribution in [2.24, 2.45) is 11.8 Å². The zero-order valence-electron chi connectivity index (χ0n) is 18.9. The predicted octanol–water partition coefficient (Wildman–Crippen LogP) is 7.97. The molecule has 1 heteroatoms. The van der Waals surface area contributed by atoms with Gasteiger partial charge in [-0.2, -0.15) is 0 Å². The van der Waals surface area contributed by atoms with Gasteiger partial charge in [-0.3, -0.25) is 4.79 Å². The monoisotopic (exact) mass is 402 g/mol. The van der Waals surface area contributed by atoms with E-state index >= 15 is 0 Å². The summed E-state index contributed by atoms with van der Waals surface area (Å²) in [5, 5.41) is 0. The molecule has 2 unspecified atom stereocenters. The maximum atomic E-state index is 13.5. The van der Waals surface area contributed by atoms with Crippen LogP contribution in [0.15, 0.2) is 60.2 Å². The van der Waals surface area contributed by atoms with E-state index in [9.17, 15) is 4.79 Å². The standard InChI is InChI=1S/C29H38O/c1-3-11-28(22-27-17-9-7-12-23(27)2)29(30)26-16-10-8-15-25(20-21-26)19-18-24-13-5-4-6-14-24/h4-7,9,12-14,17,22,25-26H,3,8,10-11,15-16,18-21H2,1-2H3/b28-22+. The number of rotatable bonds is 8. The second-order valence-electron chi connectivity index (χ2n) is 9.09. The summed E-state index contributed by atoms with van der Waals surface area (Å²) < 4.78 is 0. The molecule has 160 valence electrons. The summed E-state index contributed by atoms with van der Waals surface area (Å²) in [5.41, 5.74) is 4.93. The second kappa shape index (κ2) is 11.9. The lowest BCUT2D eigenvalue weighted by Crippen LogP contribution is -2.20. The SMILES string of the molecule is CCC/C(=C\c1ccccc1C)C(=O)C1CCCCC(CCc2ccccc2)CC1. The summed E-state index contributed by atoms with van der Waals surface area (Å²) in [7, 11) is 0. The first kappa shape index (κ1) is 22.5. The van der Waals surface area contributed by atoms with E-state index in [4.69, 9.17) is 0 Å². The van der Waals surface area contributed by atoms with Gasteiger partial charge in [-0.25, -0.2) is 0 Å². The summed E-state index contributed by atoms with van der Waals surface area (Å²) in [5.74, 6) is 1.39. The van der Waals surface area contributed by atoms with Gasteiger partial charge in [0.15, 0.2) is 5.78 Å². The molecule has 1 fully saturated rings. The fourth-order valence-corrected chi connectivity index (χ4v) is 4.85. The Kier molecular flexibility index (Phi) is 8.93. The van der Waals surface area contributed by atoms with E-state index in [-0.39, 0.29) is 5.92 Å². The lowest BCUT2D eigenvalue weighted by atomic mass is 9.79. The van der Waals surface area contributed by atoms with Crippen LogP contribution in [0.5, 0.6) is 0 Å². The van der Waals surface area contributed by atoms with Crippen LogP contribution < -0.4 is 0 Å². The average Bonchev–Trinajstić information content (AvgIpc) is 2.75. The highest BCUT2D eigenvalue weighted by atomic mass is 16.1. The summed E-state index contributed by atoms with van der Waals surface area (Å²) in [6, 6.07) is 19.2. The Bertz CT molecular complexity index is 817. The molecule has 30 heavy (non-hydrogen) atoms. The lowest BCUT2D eigenvalue weighted by Gasteiger charge is -2.25. The molecule has 2 aromatic carbocycles. The molecular formula is C29H38O. The fraction of sp³-hybridized carbons (Fsp3) is 0.483. The van der Waals surface area contributed by atoms with E-state index < -0.39 is 0 Å². The van der Waals surface area contributed by atoms with Crippen molar-refractivity contribution in [2.45, 2.75) is 78.1 Å². The lowest BCUT2D eigenvalue weighted by molar-refractivity contribution is -0.120. The number of hydrogen-bond acceptors (Lipinski definition) is 1. The fourth-order valence-electron chi connectivity index (χ4n) is 4.85. The third-order valence-corrected chi connectivity index (χ3v) is 6.75. The molecule has 0 bridgehead atoms. The van der Waals surface area contributed by atoms with Crippen LogP contribution in [-0.4, -0.2) is 5.78 Å². The van der Waals surface area contributed by atoms with Gasteiger partial charge in [-0.15, -0.1) is 0 Å². The molecule has 2 atom stereocenters. The first-order valence-electron chi connectivity index (χ1n) is 12.0. The topological polar surface area (TPSA) is 17.1 Å². The first-order valence-corrected chi connectivity index (χ1v) is 12.0. The Hall–Kier alpha value is -2.15. The van der Waals surface area contributed by atoms with Gasteiger partial charge >= 0.3 is 0 Å². The Labute approximate surface area is 183 Å². The van der Waals surface area contributed by atoms with Crippen LogP contribution in [0.1, 0.15) is 81.4 Å². The summed E-state index contributed by atoms with van der Waals surface area (Å²) in [6.45, 7) is 4.31. The third-order valence-electron chi connectivity index (χ3n) is 6.75. The number of hydrogen-bond donors (Lipinski definition) is 0. The average molecular weight is 403 g/mol. The first-order chi connectivity index (χ1) is 14.7. The predicted molar refractivity (Wildman–Crippen MR) is 129 cm³/mol. The van der Waals surface area contributed by atoms with Crippen LogP contribution in [-0.2, 0) is 11.2 Å². The molecule has 0 aromatic heterocycles. The molecule has 0 heterocycles. The maximum Gasteiger partial charge on any atom is 0.161 e. The van der Waals surface area contributed by atoms with Crippen molar-refractivity contribution in [3.05, 3.63) is 76.9 Å². The molecule has 0 saturated heterocycles. The maximum absolute atomic E-state index is 13.5. The summed E-state index contributed by atoms with van der Waals surface area (Å²) in [4.78, 5) is 13.5. The molecular weight excluding hydrogens is 364 g/mol. The van der Waals surface area contributed by atoms with E-state index in [0.717, 1.165) is 37.2 Å². The molecule has 0 spiro atoms. The number of aryl methyl sites for hydroxylation is 2. The van der Waals surface area contributed by atoms with Crippen LogP contribution in [0, 0.1) is 18.8 Å². The number of ketones is 1. The normalized spacial score (nSPS) is 20.4. The van der Waals surface area contributed by atoms with E-state index in [1.807, 2.05) is 0 Å². The van der Waals surface area contributed by atoms with Crippen molar-refractivity contribution in [1.29, 1.82) is 0 Å². The van der Waals surface area contributed by atoms with Crippen LogP contribution >= 0.6 is 0 Å². The Morgan fingerprint density at radius 2 is 1.67 bits per heavy atom. The minimum Gasteiger partial charge on any atom is -0.294 e. The Morgan fingerprint density at radius 3 is 2.43 bits per heavy atom. The highest BCUT2D eigenvalue weighted by Crippen LogP contribution is 2.32. The molecule has 1 aliphatic rings. The molecule has 1 saturated carbocycles. The van der Waals surface area contributed by atoms with E-state index in [1.165, 1.54) is 55.2 Å². The molecule has 0 amide bonds. The van der Waals surface area contributed by atoms with Gasteiger partial charge in [0.1, 0.15) is 0 Å². The van der Waals surface area contributed by atoms with Crippen molar-refractivity contribution in [3.63, 3.8) is 0 Å². The van der Waals surface area contributed by atoms with Crippen molar-refractivity contribution in [3.8, 4) is 0 Å². The number of carbonyl (C=O) groups is 1. The molecule has 0 N–H and O–H groups in total. The van der Waals surface area contributed by atoms with Crippen molar-refractivity contribution in [2.75, 3.05) is 0 Å². The number of carbonyl (C=O) groups excluding carboxylic acids is 1. The molecule has 3 rings (SSSR count). The minimum absolute atomic E-state index is 0.214. The largest absolute Gasteiger partial charge is 0.294 e. The zero-order valence-corrected chi connectivity index (χ0v) is 18.9. The van der Waals surface area contributed by atoms with Crippen molar-refractivity contribution < 1.29 is 4.79 Å². The van der Waals surface area contributed by atoms with Gasteiger partial charge in [-0.05, 0) is 79.7 Å². The highest BCUT2D eigenvalue weighted by Gasteiger charge is 2.25. The van der Waals surface area contributed by atoms with Gasteiger partial charge in [0, 0.05) is 5.92 Å². The van der Waals surface area contributed by atoms with Gasteiger partial charge in [0.2, 0.25) is 0 Å². The molecule has 1 nitrogen and oxygen atoms in total. The molecule has 2 aromatic rings. The van der Waals surface area contributed by atoms with Gasteiger partial charge < -0.3 is 0 Å². The molecule has 1 aliphatic carbocycles.